The molecule has 4 rings (SSSR count). The van der Waals surface area contributed by atoms with Gasteiger partial charge in [-0.15, -0.1) is 0 Å². The fourth-order valence-corrected chi connectivity index (χ4v) is 5.79. The number of nitro groups is 1. The third kappa shape index (κ3) is 3.36. The van der Waals surface area contributed by atoms with Crippen molar-refractivity contribution >= 4 is 32.9 Å². The van der Waals surface area contributed by atoms with E-state index in [1.54, 1.807) is 0 Å². The second kappa shape index (κ2) is 6.69. The summed E-state index contributed by atoms with van der Waals surface area (Å²) in [6.07, 6.45) is -4.63. The number of carbonyl (C=O) groups is 1. The molecule has 30 heavy (non-hydrogen) atoms. The molecule has 0 aromatic heterocycles. The van der Waals surface area contributed by atoms with Gasteiger partial charge in [0.05, 0.1) is 34.1 Å². The fraction of sp³-hybridized carbons (Fsp3) is 0.278. The number of hydrogen-bond acceptors (Lipinski definition) is 5. The standard InChI is InChI=1S/C18H14F3N3O5S/c19-18(20,21)11-2-1-3-14(8-11)23-16-10-30(28,29)9-15(16)22(17(23)25)12-4-6-13(7-5-12)24(26)27/h1-8,15-16H,9-10H2/t15-,16-/m0/s1. The van der Waals surface area contributed by atoms with Crippen LogP contribution in [0.25, 0.3) is 0 Å². The number of nitrogens with zero attached hydrogens (tertiary/aromatic N) is 3. The van der Waals surface area contributed by atoms with Crippen LogP contribution in [0, 0.1) is 10.1 Å². The minimum atomic E-state index is -4.63. The summed E-state index contributed by atoms with van der Waals surface area (Å²) in [5, 5.41) is 10.9. The van der Waals surface area contributed by atoms with Gasteiger partial charge in [-0.3, -0.25) is 19.9 Å². The van der Waals surface area contributed by atoms with Gasteiger partial charge in [-0.25, -0.2) is 13.2 Å². The molecule has 2 aliphatic heterocycles. The third-order valence-electron chi connectivity index (χ3n) is 5.16. The van der Waals surface area contributed by atoms with Crippen molar-refractivity contribution in [3.63, 3.8) is 0 Å². The lowest BCUT2D eigenvalue weighted by atomic mass is 10.1. The molecular weight excluding hydrogens is 427 g/mol. The first-order chi connectivity index (χ1) is 14.0. The molecule has 2 atom stereocenters. The Labute approximate surface area is 168 Å². The predicted octanol–water partition coefficient (Wildman–Crippen LogP) is 3.23. The van der Waals surface area contributed by atoms with Crippen molar-refractivity contribution in [2.45, 2.75) is 18.3 Å². The van der Waals surface area contributed by atoms with E-state index >= 15 is 0 Å². The van der Waals surface area contributed by atoms with Crippen LogP contribution in [-0.4, -0.2) is 43.0 Å². The zero-order valence-electron chi connectivity index (χ0n) is 15.1. The third-order valence-corrected chi connectivity index (χ3v) is 6.86. The number of hydrogen-bond donors (Lipinski definition) is 0. The summed E-state index contributed by atoms with van der Waals surface area (Å²) in [4.78, 5) is 25.6. The number of alkyl halides is 3. The van der Waals surface area contributed by atoms with E-state index in [4.69, 9.17) is 0 Å². The number of urea groups is 1. The van der Waals surface area contributed by atoms with E-state index in [0.717, 1.165) is 23.1 Å². The van der Waals surface area contributed by atoms with Crippen LogP contribution < -0.4 is 9.80 Å². The smallest absolute Gasteiger partial charge is 0.288 e. The number of fused-ring (bicyclic) bond motifs is 1. The second-order valence-electron chi connectivity index (χ2n) is 7.06. The first kappa shape index (κ1) is 20.1. The van der Waals surface area contributed by atoms with Gasteiger partial charge >= 0.3 is 12.2 Å². The van der Waals surface area contributed by atoms with E-state index in [1.165, 1.54) is 35.2 Å². The number of carbonyl (C=O) groups excluding carboxylic acids is 1. The lowest BCUT2D eigenvalue weighted by Gasteiger charge is -2.23. The highest BCUT2D eigenvalue weighted by atomic mass is 32.2. The molecule has 2 heterocycles. The van der Waals surface area contributed by atoms with Crippen molar-refractivity contribution in [3.05, 3.63) is 64.2 Å². The number of rotatable bonds is 3. The molecule has 2 fully saturated rings. The van der Waals surface area contributed by atoms with Gasteiger partial charge in [0.15, 0.2) is 9.84 Å². The number of anilines is 2. The van der Waals surface area contributed by atoms with Gasteiger partial charge in [-0.05, 0) is 30.3 Å². The molecule has 12 heteroatoms. The Morgan fingerprint density at radius 3 is 2.07 bits per heavy atom. The number of sulfone groups is 1. The first-order valence-corrected chi connectivity index (χ1v) is 10.5. The molecule has 0 aliphatic carbocycles. The van der Waals surface area contributed by atoms with Crippen molar-refractivity contribution in [3.8, 4) is 0 Å². The van der Waals surface area contributed by atoms with Crippen molar-refractivity contribution in [2.24, 2.45) is 0 Å². The van der Waals surface area contributed by atoms with E-state index in [0.29, 0.717) is 0 Å². The number of amides is 2. The van der Waals surface area contributed by atoms with Crippen LogP contribution in [0.2, 0.25) is 0 Å². The van der Waals surface area contributed by atoms with E-state index < -0.39 is 44.6 Å². The SMILES string of the molecule is O=C1N(c2ccc([N+](=O)[O-])cc2)[C@H]2CS(=O)(=O)C[C@@H]2N1c1cccc(C(F)(F)F)c1. The molecule has 2 aromatic carbocycles. The zero-order chi connectivity index (χ0) is 21.8. The minimum absolute atomic E-state index is 0.0636. The van der Waals surface area contributed by atoms with E-state index in [2.05, 4.69) is 0 Å². The van der Waals surface area contributed by atoms with Crippen molar-refractivity contribution in [1.29, 1.82) is 0 Å². The van der Waals surface area contributed by atoms with E-state index in [9.17, 15) is 36.5 Å². The molecule has 158 valence electrons. The van der Waals surface area contributed by atoms with Gasteiger partial charge in [-0.1, -0.05) is 6.07 Å². The molecule has 0 bridgehead atoms. The van der Waals surface area contributed by atoms with Crippen LogP contribution in [0.15, 0.2) is 48.5 Å². The minimum Gasteiger partial charge on any atom is -0.288 e. The van der Waals surface area contributed by atoms with Gasteiger partial charge in [0.2, 0.25) is 0 Å². The van der Waals surface area contributed by atoms with Crippen LogP contribution in [-0.2, 0) is 16.0 Å². The van der Waals surface area contributed by atoms with Crippen molar-refractivity contribution in [1.82, 2.24) is 0 Å². The van der Waals surface area contributed by atoms with Crippen LogP contribution in [0.4, 0.5) is 35.0 Å². The van der Waals surface area contributed by atoms with Crippen LogP contribution in [0.1, 0.15) is 5.56 Å². The summed E-state index contributed by atoms with van der Waals surface area (Å²) in [6.45, 7) is 0. The Kier molecular flexibility index (Phi) is 4.49. The van der Waals surface area contributed by atoms with E-state index in [-0.39, 0.29) is 28.6 Å². The Morgan fingerprint density at radius 1 is 0.967 bits per heavy atom. The molecule has 0 N–H and O–H groups in total. The zero-order valence-corrected chi connectivity index (χ0v) is 15.9. The topological polar surface area (TPSA) is 101 Å². The van der Waals surface area contributed by atoms with Gasteiger partial charge in [0.25, 0.3) is 5.69 Å². The Hall–Kier alpha value is -3.15. The highest BCUT2D eigenvalue weighted by Gasteiger charge is 2.54. The average Bonchev–Trinajstić information content (AvgIpc) is 3.09. The quantitative estimate of drug-likeness (QED) is 0.414. The fourth-order valence-electron chi connectivity index (χ4n) is 3.87. The molecule has 0 saturated carbocycles. The average molecular weight is 441 g/mol. The Bertz CT molecular complexity index is 1130. The summed E-state index contributed by atoms with van der Waals surface area (Å²) >= 11 is 0. The van der Waals surface area contributed by atoms with Gasteiger partial charge in [-0.2, -0.15) is 13.2 Å². The maximum atomic E-state index is 13.2. The molecule has 0 radical (unpaired) electrons. The molecule has 2 amide bonds. The molecule has 2 aromatic rings. The number of nitro benzene ring substituents is 1. The Balaban J connectivity index is 1.78. The molecule has 8 nitrogen and oxygen atoms in total. The summed E-state index contributed by atoms with van der Waals surface area (Å²) < 4.78 is 63.8. The van der Waals surface area contributed by atoms with Crippen LogP contribution in [0.5, 0.6) is 0 Å². The normalized spacial score (nSPS) is 23.0. The maximum absolute atomic E-state index is 13.2. The van der Waals surface area contributed by atoms with Crippen molar-refractivity contribution in [2.75, 3.05) is 21.3 Å². The highest BCUT2D eigenvalue weighted by Crippen LogP contribution is 2.40. The van der Waals surface area contributed by atoms with Crippen LogP contribution >= 0.6 is 0 Å². The lowest BCUT2D eigenvalue weighted by Crippen LogP contribution is -2.38. The van der Waals surface area contributed by atoms with Gasteiger partial charge in [0, 0.05) is 23.5 Å². The largest absolute Gasteiger partial charge is 0.416 e. The molecule has 0 spiro atoms. The summed E-state index contributed by atoms with van der Waals surface area (Å²) in [6, 6.07) is 6.73. The second-order valence-corrected chi connectivity index (χ2v) is 9.21. The Morgan fingerprint density at radius 2 is 1.53 bits per heavy atom. The summed E-state index contributed by atoms with van der Waals surface area (Å²) in [5.41, 5.74) is -1.01. The number of halogens is 3. The van der Waals surface area contributed by atoms with Gasteiger partial charge < -0.3 is 0 Å². The molecule has 2 aliphatic rings. The number of non-ortho nitro benzene ring substituents is 1. The van der Waals surface area contributed by atoms with Gasteiger partial charge in [0.1, 0.15) is 0 Å². The van der Waals surface area contributed by atoms with Crippen molar-refractivity contribution < 1.29 is 31.3 Å². The number of benzene rings is 2. The van der Waals surface area contributed by atoms with E-state index in [1.807, 2.05) is 0 Å². The predicted molar refractivity (Wildman–Crippen MR) is 101 cm³/mol. The first-order valence-electron chi connectivity index (χ1n) is 8.72. The highest BCUT2D eigenvalue weighted by molar-refractivity contribution is 7.91. The maximum Gasteiger partial charge on any atom is 0.416 e. The summed E-state index contributed by atoms with van der Waals surface area (Å²) in [7, 11) is -3.54. The molecular formula is C18H14F3N3O5S. The summed E-state index contributed by atoms with van der Waals surface area (Å²) in [5.74, 6) is -0.737. The molecule has 2 saturated heterocycles. The molecule has 0 unspecified atom stereocenters. The van der Waals surface area contributed by atoms with Crippen LogP contribution in [0.3, 0.4) is 0 Å². The lowest BCUT2D eigenvalue weighted by molar-refractivity contribution is -0.384. The monoisotopic (exact) mass is 441 g/mol.